The van der Waals surface area contributed by atoms with Crippen LogP contribution >= 0.6 is 0 Å². The fraction of sp³-hybridized carbons (Fsp3) is 0.0159. The SMILES string of the molecule is c1ccc(-c2cc(-c3ccc(N(c4ccc(-c5cccc6c5Cc5c(-c7ccccc7)cccc5-6)cc4)c4cccc5ccccc45)cc3)ccc2-c2cccc3ccccc23)cc1. The number of anilines is 3. The number of hydrogen-bond donors (Lipinski definition) is 0. The molecule has 300 valence electrons. The summed E-state index contributed by atoms with van der Waals surface area (Å²) in [5.41, 5.74) is 21.2. The van der Waals surface area contributed by atoms with E-state index in [2.05, 4.69) is 254 Å². The summed E-state index contributed by atoms with van der Waals surface area (Å²) in [4.78, 5) is 2.41. The Morgan fingerprint density at radius 2 is 0.688 bits per heavy atom. The molecule has 0 saturated heterocycles. The molecule has 11 aromatic rings. The Labute approximate surface area is 374 Å². The fourth-order valence-electron chi connectivity index (χ4n) is 10.1. The third-order valence-corrected chi connectivity index (χ3v) is 13.2. The minimum absolute atomic E-state index is 0.918. The summed E-state index contributed by atoms with van der Waals surface area (Å²) in [6.07, 6.45) is 0.918. The summed E-state index contributed by atoms with van der Waals surface area (Å²) < 4.78 is 0. The lowest BCUT2D eigenvalue weighted by Crippen LogP contribution is -2.10. The molecule has 0 amide bonds. The van der Waals surface area contributed by atoms with E-state index in [1.54, 1.807) is 0 Å². The van der Waals surface area contributed by atoms with E-state index in [1.807, 2.05) is 0 Å². The van der Waals surface area contributed by atoms with E-state index < -0.39 is 0 Å². The van der Waals surface area contributed by atoms with Gasteiger partial charge in [0.15, 0.2) is 0 Å². The zero-order valence-electron chi connectivity index (χ0n) is 35.3. The highest BCUT2D eigenvalue weighted by molar-refractivity contribution is 6.02. The summed E-state index contributed by atoms with van der Waals surface area (Å²) in [5, 5.41) is 4.93. The van der Waals surface area contributed by atoms with Gasteiger partial charge >= 0.3 is 0 Å². The van der Waals surface area contributed by atoms with Crippen molar-refractivity contribution in [3.05, 3.63) is 260 Å². The first-order chi connectivity index (χ1) is 31.7. The Kier molecular flexibility index (Phi) is 9.31. The molecule has 0 N–H and O–H groups in total. The van der Waals surface area contributed by atoms with Crippen molar-refractivity contribution >= 4 is 38.6 Å². The maximum absolute atomic E-state index is 2.41. The standard InChI is InChI=1S/C63H43N/c1-3-15-44(16-4-1)53-25-13-28-57-58-29-14-26-54(62(58)42-61(53)57)48-33-38-51(39-34-48)64(63-30-12-22-46-20-8-10-24-55(46)63)50-36-31-43(32-37-50)49-35-40-59(60(41-49)47-17-5-2-6-18-47)56-27-11-21-45-19-7-9-23-52(45)56/h1-41H,42H2. The van der Waals surface area contributed by atoms with E-state index in [1.165, 1.54) is 99.4 Å². The number of rotatable bonds is 8. The van der Waals surface area contributed by atoms with Crippen molar-refractivity contribution in [2.45, 2.75) is 6.42 Å². The van der Waals surface area contributed by atoms with Gasteiger partial charge in [-0.3, -0.25) is 0 Å². The molecule has 1 nitrogen and oxygen atoms in total. The highest BCUT2D eigenvalue weighted by atomic mass is 15.1. The van der Waals surface area contributed by atoms with Crippen molar-refractivity contribution in [3.63, 3.8) is 0 Å². The van der Waals surface area contributed by atoms with Gasteiger partial charge in [0.2, 0.25) is 0 Å². The van der Waals surface area contributed by atoms with Gasteiger partial charge in [0.1, 0.15) is 0 Å². The van der Waals surface area contributed by atoms with Crippen LogP contribution in [0.2, 0.25) is 0 Å². The van der Waals surface area contributed by atoms with Crippen LogP contribution in [0.1, 0.15) is 11.1 Å². The van der Waals surface area contributed by atoms with E-state index in [4.69, 9.17) is 0 Å². The number of benzene rings is 11. The van der Waals surface area contributed by atoms with Crippen molar-refractivity contribution in [1.82, 2.24) is 0 Å². The first kappa shape index (κ1) is 37.5. The van der Waals surface area contributed by atoms with Crippen molar-refractivity contribution < 1.29 is 0 Å². The number of hydrogen-bond acceptors (Lipinski definition) is 1. The molecular weight excluding hydrogens is 771 g/mol. The van der Waals surface area contributed by atoms with Gasteiger partial charge in [0, 0.05) is 16.8 Å². The Morgan fingerprint density at radius 1 is 0.250 bits per heavy atom. The molecule has 1 aliphatic rings. The molecule has 0 spiro atoms. The van der Waals surface area contributed by atoms with Crippen LogP contribution in [-0.2, 0) is 6.42 Å². The molecule has 0 aromatic heterocycles. The molecule has 0 atom stereocenters. The van der Waals surface area contributed by atoms with Crippen LogP contribution in [0.5, 0.6) is 0 Å². The zero-order chi connectivity index (χ0) is 42.4. The second-order valence-electron chi connectivity index (χ2n) is 16.8. The molecule has 0 fully saturated rings. The minimum Gasteiger partial charge on any atom is -0.310 e. The lowest BCUT2D eigenvalue weighted by molar-refractivity contribution is 1.26. The van der Waals surface area contributed by atoms with Crippen molar-refractivity contribution in [3.8, 4) is 66.8 Å². The lowest BCUT2D eigenvalue weighted by atomic mass is 9.89. The summed E-state index contributed by atoms with van der Waals surface area (Å²) in [5.74, 6) is 0. The van der Waals surface area contributed by atoms with Gasteiger partial charge in [-0.15, -0.1) is 0 Å². The maximum Gasteiger partial charge on any atom is 0.0540 e. The van der Waals surface area contributed by atoms with Crippen LogP contribution < -0.4 is 4.90 Å². The summed E-state index contributed by atoms with van der Waals surface area (Å²) in [7, 11) is 0. The zero-order valence-corrected chi connectivity index (χ0v) is 35.3. The largest absolute Gasteiger partial charge is 0.310 e. The van der Waals surface area contributed by atoms with Gasteiger partial charge in [-0.2, -0.15) is 0 Å². The van der Waals surface area contributed by atoms with E-state index in [0.717, 1.165) is 23.5 Å². The van der Waals surface area contributed by atoms with Gasteiger partial charge in [0.25, 0.3) is 0 Å². The maximum atomic E-state index is 2.41. The molecule has 0 heterocycles. The van der Waals surface area contributed by atoms with Gasteiger partial charge in [-0.25, -0.2) is 0 Å². The Morgan fingerprint density at radius 3 is 1.33 bits per heavy atom. The molecule has 0 bridgehead atoms. The average Bonchev–Trinajstić information content (AvgIpc) is 3.77. The summed E-state index contributed by atoms with van der Waals surface area (Å²) >= 11 is 0. The second-order valence-corrected chi connectivity index (χ2v) is 16.8. The molecule has 0 aliphatic heterocycles. The molecule has 11 aromatic carbocycles. The normalized spacial score (nSPS) is 11.7. The smallest absolute Gasteiger partial charge is 0.0540 e. The lowest BCUT2D eigenvalue weighted by Gasteiger charge is -2.27. The predicted octanol–water partition coefficient (Wildman–Crippen LogP) is 17.4. The van der Waals surface area contributed by atoms with Gasteiger partial charge in [0.05, 0.1) is 5.69 Å². The number of nitrogens with zero attached hydrogens (tertiary/aromatic N) is 1. The van der Waals surface area contributed by atoms with Crippen LogP contribution in [0.4, 0.5) is 17.1 Å². The van der Waals surface area contributed by atoms with Crippen LogP contribution in [0, 0.1) is 0 Å². The molecule has 0 saturated carbocycles. The highest BCUT2D eigenvalue weighted by Crippen LogP contribution is 2.47. The molecule has 64 heavy (non-hydrogen) atoms. The second kappa shape index (κ2) is 15.9. The topological polar surface area (TPSA) is 3.24 Å². The number of fused-ring (bicyclic) bond motifs is 5. The Bertz CT molecular complexity index is 3480. The van der Waals surface area contributed by atoms with Crippen molar-refractivity contribution in [2.24, 2.45) is 0 Å². The predicted molar refractivity (Wildman–Crippen MR) is 272 cm³/mol. The van der Waals surface area contributed by atoms with Crippen molar-refractivity contribution in [2.75, 3.05) is 4.90 Å². The summed E-state index contributed by atoms with van der Waals surface area (Å²) in [6.45, 7) is 0. The third kappa shape index (κ3) is 6.58. The first-order valence-corrected chi connectivity index (χ1v) is 22.2. The van der Waals surface area contributed by atoms with E-state index in [0.29, 0.717) is 0 Å². The highest BCUT2D eigenvalue weighted by Gasteiger charge is 2.25. The van der Waals surface area contributed by atoms with Crippen molar-refractivity contribution in [1.29, 1.82) is 0 Å². The molecule has 12 rings (SSSR count). The molecule has 1 aliphatic carbocycles. The molecule has 0 unspecified atom stereocenters. The third-order valence-electron chi connectivity index (χ3n) is 13.2. The van der Waals surface area contributed by atoms with E-state index in [9.17, 15) is 0 Å². The van der Waals surface area contributed by atoms with E-state index in [-0.39, 0.29) is 0 Å². The van der Waals surface area contributed by atoms with Gasteiger partial charge in [-0.05, 0) is 137 Å². The Hall–Kier alpha value is -8.26. The first-order valence-electron chi connectivity index (χ1n) is 22.2. The molecular formula is C63H43N. The van der Waals surface area contributed by atoms with Crippen LogP contribution in [0.3, 0.4) is 0 Å². The van der Waals surface area contributed by atoms with E-state index >= 15 is 0 Å². The van der Waals surface area contributed by atoms with Crippen LogP contribution in [-0.4, -0.2) is 0 Å². The fourth-order valence-corrected chi connectivity index (χ4v) is 10.1. The van der Waals surface area contributed by atoms with Crippen LogP contribution in [0.15, 0.2) is 249 Å². The minimum atomic E-state index is 0.918. The average molecular weight is 814 g/mol. The molecule has 1 heteroatoms. The quantitative estimate of drug-likeness (QED) is 0.148. The Balaban J connectivity index is 0.923. The van der Waals surface area contributed by atoms with Gasteiger partial charge in [-0.1, -0.05) is 212 Å². The van der Waals surface area contributed by atoms with Crippen LogP contribution in [0.25, 0.3) is 88.3 Å². The summed E-state index contributed by atoms with van der Waals surface area (Å²) in [6, 6.07) is 91.0. The van der Waals surface area contributed by atoms with Gasteiger partial charge < -0.3 is 4.90 Å². The molecule has 0 radical (unpaired) electrons. The monoisotopic (exact) mass is 813 g/mol.